The van der Waals surface area contributed by atoms with E-state index < -0.39 is 0 Å². The van der Waals surface area contributed by atoms with Gasteiger partial charge < -0.3 is 15.2 Å². The van der Waals surface area contributed by atoms with Gasteiger partial charge in [0.15, 0.2) is 0 Å². The van der Waals surface area contributed by atoms with Crippen molar-refractivity contribution in [2.75, 3.05) is 19.6 Å². The van der Waals surface area contributed by atoms with E-state index in [-0.39, 0.29) is 30.7 Å². The highest BCUT2D eigenvalue weighted by atomic mass is 35.5. The molecule has 0 atom stereocenters. The van der Waals surface area contributed by atoms with Gasteiger partial charge in [-0.1, -0.05) is 44.2 Å². The minimum Gasteiger partial charge on any atom is -0.341 e. The van der Waals surface area contributed by atoms with Crippen LogP contribution in [0.25, 0.3) is 0 Å². The Kier molecular flexibility index (Phi) is 12.0. The molecule has 146 valence electrons. The molecule has 0 aliphatic rings. The largest absolute Gasteiger partial charge is 0.341 e. The second-order valence-electron chi connectivity index (χ2n) is 6.29. The van der Waals surface area contributed by atoms with Crippen molar-refractivity contribution in [3.63, 3.8) is 0 Å². The summed E-state index contributed by atoms with van der Waals surface area (Å²) in [5, 5.41) is 0. The van der Waals surface area contributed by atoms with Crippen LogP contribution in [-0.2, 0) is 17.8 Å². The first-order chi connectivity index (χ1) is 11.6. The highest BCUT2D eigenvalue weighted by molar-refractivity contribution is 5.85. The van der Waals surface area contributed by atoms with Crippen LogP contribution >= 0.6 is 24.8 Å². The van der Waals surface area contributed by atoms with Crippen molar-refractivity contribution >= 4 is 30.7 Å². The van der Waals surface area contributed by atoms with Gasteiger partial charge in [-0.05, 0) is 12.0 Å². The standard InChI is InChI=1S/C19H28N4O.2ClH/c1-16(2)19-21-11-15-23(19)13-9-18(24)22(14-10-20)12-8-17-6-4-3-5-7-17;;/h3-7,11,15-16H,8-10,12-14,20H2,1-2H3;2*1H. The Morgan fingerprint density at radius 1 is 1.19 bits per heavy atom. The highest BCUT2D eigenvalue weighted by Crippen LogP contribution is 2.12. The van der Waals surface area contributed by atoms with Gasteiger partial charge in [0.1, 0.15) is 5.82 Å². The molecule has 5 nitrogen and oxygen atoms in total. The number of hydrogen-bond donors (Lipinski definition) is 1. The van der Waals surface area contributed by atoms with Gasteiger partial charge >= 0.3 is 0 Å². The summed E-state index contributed by atoms with van der Waals surface area (Å²) >= 11 is 0. The summed E-state index contributed by atoms with van der Waals surface area (Å²) in [6.07, 6.45) is 5.08. The monoisotopic (exact) mass is 400 g/mol. The van der Waals surface area contributed by atoms with Gasteiger partial charge in [-0.15, -0.1) is 24.8 Å². The van der Waals surface area contributed by atoms with Crippen LogP contribution in [0.1, 0.15) is 37.6 Å². The minimum absolute atomic E-state index is 0. The number of halogens is 2. The molecule has 0 aliphatic heterocycles. The average molecular weight is 401 g/mol. The van der Waals surface area contributed by atoms with E-state index in [1.54, 1.807) is 6.20 Å². The number of nitrogens with zero attached hydrogens (tertiary/aromatic N) is 3. The minimum atomic E-state index is 0. The molecule has 0 saturated carbocycles. The number of carbonyl (C=O) groups excluding carboxylic acids is 1. The van der Waals surface area contributed by atoms with Gasteiger partial charge in [-0.2, -0.15) is 0 Å². The Labute approximate surface area is 168 Å². The molecule has 0 unspecified atom stereocenters. The molecule has 2 aromatic rings. The summed E-state index contributed by atoms with van der Waals surface area (Å²) in [5.41, 5.74) is 6.92. The maximum absolute atomic E-state index is 12.6. The van der Waals surface area contributed by atoms with Gasteiger partial charge in [-0.25, -0.2) is 4.98 Å². The predicted molar refractivity (Wildman–Crippen MR) is 111 cm³/mol. The van der Waals surface area contributed by atoms with Crippen LogP contribution in [0.15, 0.2) is 42.7 Å². The molecule has 1 aromatic carbocycles. The summed E-state index contributed by atoms with van der Waals surface area (Å²) in [4.78, 5) is 18.8. The van der Waals surface area contributed by atoms with Crippen molar-refractivity contribution in [3.8, 4) is 0 Å². The fourth-order valence-corrected chi connectivity index (χ4v) is 2.81. The quantitative estimate of drug-likeness (QED) is 0.702. The summed E-state index contributed by atoms with van der Waals surface area (Å²) in [5.74, 6) is 1.53. The number of aromatic nitrogens is 2. The fraction of sp³-hybridized carbons (Fsp3) is 0.474. The maximum Gasteiger partial charge on any atom is 0.224 e. The molecule has 0 fully saturated rings. The molecule has 0 radical (unpaired) electrons. The summed E-state index contributed by atoms with van der Waals surface area (Å²) in [6.45, 7) is 6.69. The second kappa shape index (κ2) is 12.7. The molecule has 0 bridgehead atoms. The lowest BCUT2D eigenvalue weighted by molar-refractivity contribution is -0.131. The van der Waals surface area contributed by atoms with E-state index in [0.717, 1.165) is 12.2 Å². The zero-order valence-corrected chi connectivity index (χ0v) is 17.1. The van der Waals surface area contributed by atoms with E-state index >= 15 is 0 Å². The number of benzene rings is 1. The third-order valence-corrected chi connectivity index (χ3v) is 4.10. The highest BCUT2D eigenvalue weighted by Gasteiger charge is 2.14. The van der Waals surface area contributed by atoms with Crippen molar-refractivity contribution in [3.05, 3.63) is 54.1 Å². The van der Waals surface area contributed by atoms with E-state index in [1.165, 1.54) is 5.56 Å². The van der Waals surface area contributed by atoms with Crippen molar-refractivity contribution in [2.24, 2.45) is 5.73 Å². The van der Waals surface area contributed by atoms with Crippen molar-refractivity contribution in [1.29, 1.82) is 0 Å². The smallest absolute Gasteiger partial charge is 0.224 e. The van der Waals surface area contributed by atoms with Crippen LogP contribution in [0.4, 0.5) is 0 Å². The van der Waals surface area contributed by atoms with E-state index in [1.807, 2.05) is 29.3 Å². The van der Waals surface area contributed by atoms with E-state index in [4.69, 9.17) is 5.73 Å². The van der Waals surface area contributed by atoms with Gasteiger partial charge in [0.25, 0.3) is 0 Å². The summed E-state index contributed by atoms with van der Waals surface area (Å²) in [7, 11) is 0. The van der Waals surface area contributed by atoms with Gasteiger partial charge in [-0.3, -0.25) is 4.79 Å². The molecule has 7 heteroatoms. The van der Waals surface area contributed by atoms with Gasteiger partial charge in [0.2, 0.25) is 5.91 Å². The Bertz CT molecular complexity index is 631. The van der Waals surface area contributed by atoms with E-state index in [2.05, 4.69) is 35.5 Å². The number of aryl methyl sites for hydroxylation is 1. The fourth-order valence-electron chi connectivity index (χ4n) is 2.81. The molecule has 1 amide bonds. The number of carbonyl (C=O) groups is 1. The number of amides is 1. The van der Waals surface area contributed by atoms with Crippen LogP contribution in [0.2, 0.25) is 0 Å². The molecule has 0 saturated heterocycles. The first kappa shape index (κ1) is 24.4. The second-order valence-corrected chi connectivity index (χ2v) is 6.29. The van der Waals surface area contributed by atoms with Crippen LogP contribution in [0.3, 0.4) is 0 Å². The van der Waals surface area contributed by atoms with Crippen LogP contribution in [0.5, 0.6) is 0 Å². The Hall–Kier alpha value is -1.56. The normalized spacial score (nSPS) is 10.2. The average Bonchev–Trinajstić information content (AvgIpc) is 3.06. The molecular formula is C19H30Cl2N4O. The van der Waals surface area contributed by atoms with E-state index in [9.17, 15) is 4.79 Å². The topological polar surface area (TPSA) is 64.2 Å². The Morgan fingerprint density at radius 3 is 2.50 bits per heavy atom. The lowest BCUT2D eigenvalue weighted by Gasteiger charge is -2.22. The van der Waals surface area contributed by atoms with Crippen LogP contribution in [0, 0.1) is 0 Å². The molecule has 2 N–H and O–H groups in total. The molecule has 0 aliphatic carbocycles. The lowest BCUT2D eigenvalue weighted by atomic mass is 10.1. The SMILES string of the molecule is CC(C)c1nccn1CCC(=O)N(CCN)CCc1ccccc1.Cl.Cl. The molecule has 0 spiro atoms. The summed E-state index contributed by atoms with van der Waals surface area (Å²) in [6, 6.07) is 10.2. The molecule has 1 heterocycles. The number of rotatable bonds is 9. The number of imidazole rings is 1. The lowest BCUT2D eigenvalue weighted by Crippen LogP contribution is -2.37. The Morgan fingerprint density at radius 2 is 1.88 bits per heavy atom. The van der Waals surface area contributed by atoms with Crippen LogP contribution < -0.4 is 5.73 Å². The predicted octanol–water partition coefficient (Wildman–Crippen LogP) is 3.27. The number of hydrogen-bond acceptors (Lipinski definition) is 3. The summed E-state index contributed by atoms with van der Waals surface area (Å²) < 4.78 is 2.07. The van der Waals surface area contributed by atoms with Crippen LogP contribution in [-0.4, -0.2) is 40.0 Å². The first-order valence-corrected chi connectivity index (χ1v) is 8.64. The molecule has 26 heavy (non-hydrogen) atoms. The van der Waals surface area contributed by atoms with Gasteiger partial charge in [0.05, 0.1) is 0 Å². The third-order valence-electron chi connectivity index (χ3n) is 4.10. The maximum atomic E-state index is 12.6. The zero-order valence-electron chi connectivity index (χ0n) is 15.5. The molecule has 1 aromatic heterocycles. The Balaban J connectivity index is 0.00000312. The van der Waals surface area contributed by atoms with Gasteiger partial charge in [0, 0.05) is 50.9 Å². The van der Waals surface area contributed by atoms with E-state index in [0.29, 0.717) is 38.5 Å². The van der Waals surface area contributed by atoms with Crippen molar-refractivity contribution in [1.82, 2.24) is 14.5 Å². The van der Waals surface area contributed by atoms with Crippen molar-refractivity contribution in [2.45, 2.75) is 39.2 Å². The molecular weight excluding hydrogens is 371 g/mol. The zero-order chi connectivity index (χ0) is 17.4. The third kappa shape index (κ3) is 7.36. The molecule has 2 rings (SSSR count). The first-order valence-electron chi connectivity index (χ1n) is 8.64. The van der Waals surface area contributed by atoms with Crippen molar-refractivity contribution < 1.29 is 4.79 Å². The number of nitrogens with two attached hydrogens (primary N) is 1.